The lowest BCUT2D eigenvalue weighted by molar-refractivity contribution is 0.0123. The maximum Gasteiger partial charge on any atom is 0.0626 e. The second kappa shape index (κ2) is 5.85. The molecule has 0 amide bonds. The van der Waals surface area contributed by atoms with Gasteiger partial charge in [0, 0.05) is 29.3 Å². The predicted octanol–water partition coefficient (Wildman–Crippen LogP) is 2.41. The first-order valence-corrected chi connectivity index (χ1v) is 6.67. The normalized spacial score (nSPS) is 16.0. The zero-order valence-electron chi connectivity index (χ0n) is 12.4. The van der Waals surface area contributed by atoms with E-state index >= 15 is 0 Å². The Bertz CT molecular complexity index is 371. The van der Waals surface area contributed by atoms with Gasteiger partial charge in [-0.1, -0.05) is 27.7 Å². The van der Waals surface area contributed by atoms with Crippen LogP contribution in [0.15, 0.2) is 6.20 Å². The fourth-order valence-electron chi connectivity index (χ4n) is 2.33. The molecule has 1 aromatic rings. The van der Waals surface area contributed by atoms with E-state index in [1.165, 1.54) is 5.56 Å². The Morgan fingerprint density at radius 1 is 1.39 bits per heavy atom. The third-order valence-corrected chi connectivity index (χ3v) is 3.63. The molecule has 18 heavy (non-hydrogen) atoms. The molecular weight excluding hydrogens is 226 g/mol. The van der Waals surface area contributed by atoms with E-state index in [0.717, 1.165) is 12.2 Å². The van der Waals surface area contributed by atoms with Gasteiger partial charge in [0.2, 0.25) is 0 Å². The zero-order chi connectivity index (χ0) is 13.9. The molecule has 0 saturated carbocycles. The number of hydrogen-bond donors (Lipinski definition) is 3. The highest BCUT2D eigenvalue weighted by molar-refractivity contribution is 5.18. The summed E-state index contributed by atoms with van der Waals surface area (Å²) in [5.41, 5.74) is 2.14. The van der Waals surface area contributed by atoms with Gasteiger partial charge in [-0.05, 0) is 19.8 Å². The molecule has 3 N–H and O–H groups in total. The van der Waals surface area contributed by atoms with Gasteiger partial charge >= 0.3 is 0 Å². The Balaban J connectivity index is 2.57. The Morgan fingerprint density at radius 2 is 2.00 bits per heavy atom. The molecular formula is C14H27N3O. The molecule has 0 radical (unpaired) electrons. The number of nitrogens with zero attached hydrogens (tertiary/aromatic N) is 1. The highest BCUT2D eigenvalue weighted by Gasteiger charge is 2.30. The molecule has 104 valence electrons. The third-order valence-electron chi connectivity index (χ3n) is 3.63. The van der Waals surface area contributed by atoms with Gasteiger partial charge in [0.05, 0.1) is 12.3 Å². The molecule has 0 bridgehead atoms. The molecule has 1 rings (SSSR count). The van der Waals surface area contributed by atoms with E-state index in [2.05, 4.69) is 50.1 Å². The lowest BCUT2D eigenvalue weighted by Gasteiger charge is -2.34. The maximum atomic E-state index is 10.2. The van der Waals surface area contributed by atoms with Crippen molar-refractivity contribution in [1.29, 1.82) is 0 Å². The summed E-state index contributed by atoms with van der Waals surface area (Å²) in [5.74, 6) is 0.271. The number of H-pyrrole nitrogens is 1. The number of hydrogen-bond acceptors (Lipinski definition) is 3. The number of aliphatic hydroxyl groups is 1. The quantitative estimate of drug-likeness (QED) is 0.729. The van der Waals surface area contributed by atoms with Crippen LogP contribution in [0, 0.1) is 18.3 Å². The Labute approximate surface area is 110 Å². The van der Waals surface area contributed by atoms with Gasteiger partial charge in [0.1, 0.15) is 0 Å². The number of aromatic amines is 1. The SMILES string of the molecule is Cc1[nH]ncc1C(C)NCC(C)(C)C(O)C(C)C. The summed E-state index contributed by atoms with van der Waals surface area (Å²) in [6.45, 7) is 13.2. The molecule has 2 atom stereocenters. The van der Waals surface area contributed by atoms with Crippen molar-refractivity contribution in [3.8, 4) is 0 Å². The van der Waals surface area contributed by atoms with Gasteiger partial charge in [-0.2, -0.15) is 5.10 Å². The van der Waals surface area contributed by atoms with Crippen LogP contribution in [0.25, 0.3) is 0 Å². The standard InChI is InChI=1S/C14H27N3O/c1-9(2)13(18)14(5,6)8-15-10(3)12-7-16-17-11(12)4/h7,9-10,13,15,18H,8H2,1-6H3,(H,16,17). The molecule has 1 aromatic heterocycles. The van der Waals surface area contributed by atoms with Gasteiger partial charge in [0.15, 0.2) is 0 Å². The summed E-state index contributed by atoms with van der Waals surface area (Å²) < 4.78 is 0. The van der Waals surface area contributed by atoms with Gasteiger partial charge in [-0.3, -0.25) is 5.10 Å². The molecule has 0 aliphatic rings. The monoisotopic (exact) mass is 253 g/mol. The van der Waals surface area contributed by atoms with Crippen LogP contribution >= 0.6 is 0 Å². The van der Waals surface area contributed by atoms with E-state index in [4.69, 9.17) is 0 Å². The van der Waals surface area contributed by atoms with Crippen LogP contribution in [0.5, 0.6) is 0 Å². The predicted molar refractivity (Wildman–Crippen MR) is 74.4 cm³/mol. The summed E-state index contributed by atoms with van der Waals surface area (Å²) in [6.07, 6.45) is 1.56. The van der Waals surface area contributed by atoms with Crippen LogP contribution in [0.1, 0.15) is 51.9 Å². The second-order valence-corrected chi connectivity index (χ2v) is 6.23. The second-order valence-electron chi connectivity index (χ2n) is 6.23. The van der Waals surface area contributed by atoms with Crippen LogP contribution in [-0.4, -0.2) is 28.0 Å². The Kier molecular flexibility index (Phi) is 4.93. The first kappa shape index (κ1) is 15.2. The van der Waals surface area contributed by atoms with Gasteiger partial charge < -0.3 is 10.4 Å². The zero-order valence-corrected chi connectivity index (χ0v) is 12.4. The van der Waals surface area contributed by atoms with E-state index in [-0.39, 0.29) is 23.5 Å². The third kappa shape index (κ3) is 3.56. The topological polar surface area (TPSA) is 60.9 Å². The molecule has 0 spiro atoms. The molecule has 0 saturated heterocycles. The minimum absolute atomic E-state index is 0.139. The first-order chi connectivity index (χ1) is 8.25. The van der Waals surface area contributed by atoms with Crippen molar-refractivity contribution >= 4 is 0 Å². The van der Waals surface area contributed by atoms with E-state index in [1.807, 2.05) is 13.1 Å². The van der Waals surface area contributed by atoms with Crippen molar-refractivity contribution in [3.63, 3.8) is 0 Å². The molecule has 0 fully saturated rings. The lowest BCUT2D eigenvalue weighted by atomic mass is 9.80. The molecule has 0 aliphatic carbocycles. The largest absolute Gasteiger partial charge is 0.392 e. The van der Waals surface area contributed by atoms with Gasteiger partial charge in [-0.25, -0.2) is 0 Å². The molecule has 0 aromatic carbocycles. The number of rotatable bonds is 6. The molecule has 1 heterocycles. The van der Waals surface area contributed by atoms with Crippen LogP contribution in [0.4, 0.5) is 0 Å². The number of aryl methyl sites for hydroxylation is 1. The van der Waals surface area contributed by atoms with E-state index in [0.29, 0.717) is 0 Å². The molecule has 4 heteroatoms. The van der Waals surface area contributed by atoms with E-state index < -0.39 is 0 Å². The minimum atomic E-state index is -0.303. The van der Waals surface area contributed by atoms with Crippen LogP contribution < -0.4 is 5.32 Å². The van der Waals surface area contributed by atoms with Crippen molar-refractivity contribution < 1.29 is 5.11 Å². The number of aliphatic hydroxyl groups excluding tert-OH is 1. The van der Waals surface area contributed by atoms with Crippen LogP contribution in [0.2, 0.25) is 0 Å². The summed E-state index contributed by atoms with van der Waals surface area (Å²) >= 11 is 0. The number of aromatic nitrogens is 2. The van der Waals surface area contributed by atoms with Crippen molar-refractivity contribution in [2.45, 2.75) is 53.7 Å². The van der Waals surface area contributed by atoms with Crippen LogP contribution in [0.3, 0.4) is 0 Å². The van der Waals surface area contributed by atoms with Gasteiger partial charge in [-0.15, -0.1) is 0 Å². The smallest absolute Gasteiger partial charge is 0.0626 e. The summed E-state index contributed by atoms with van der Waals surface area (Å²) in [7, 11) is 0. The van der Waals surface area contributed by atoms with Crippen molar-refractivity contribution in [3.05, 3.63) is 17.5 Å². The maximum absolute atomic E-state index is 10.2. The first-order valence-electron chi connectivity index (χ1n) is 6.67. The molecule has 0 aliphatic heterocycles. The summed E-state index contributed by atoms with van der Waals surface area (Å²) in [5, 5.41) is 20.7. The average molecular weight is 253 g/mol. The van der Waals surface area contributed by atoms with Crippen LogP contribution in [-0.2, 0) is 0 Å². The Morgan fingerprint density at radius 3 is 2.44 bits per heavy atom. The fraction of sp³-hybridized carbons (Fsp3) is 0.786. The lowest BCUT2D eigenvalue weighted by Crippen LogP contribution is -2.42. The summed E-state index contributed by atoms with van der Waals surface area (Å²) in [6, 6.07) is 0.238. The van der Waals surface area contributed by atoms with Gasteiger partial charge in [0.25, 0.3) is 0 Å². The van der Waals surface area contributed by atoms with E-state index in [1.54, 1.807) is 0 Å². The van der Waals surface area contributed by atoms with E-state index in [9.17, 15) is 5.11 Å². The minimum Gasteiger partial charge on any atom is -0.392 e. The Hall–Kier alpha value is -0.870. The van der Waals surface area contributed by atoms with Crippen molar-refractivity contribution in [2.24, 2.45) is 11.3 Å². The molecule has 2 unspecified atom stereocenters. The highest BCUT2D eigenvalue weighted by Crippen LogP contribution is 2.26. The van der Waals surface area contributed by atoms with Crippen molar-refractivity contribution in [2.75, 3.05) is 6.54 Å². The summed E-state index contributed by atoms with van der Waals surface area (Å²) in [4.78, 5) is 0. The molecule has 4 nitrogen and oxygen atoms in total. The van der Waals surface area contributed by atoms with Crippen molar-refractivity contribution in [1.82, 2.24) is 15.5 Å². The average Bonchev–Trinajstić information content (AvgIpc) is 2.71. The number of nitrogens with one attached hydrogen (secondary N) is 2. The fourth-order valence-corrected chi connectivity index (χ4v) is 2.33. The highest BCUT2D eigenvalue weighted by atomic mass is 16.3.